The molecule has 0 saturated carbocycles. The molecule has 3 rings (SSSR count). The third-order valence-corrected chi connectivity index (χ3v) is 6.86. The molecule has 2 amide bonds. The zero-order valence-corrected chi connectivity index (χ0v) is 21.4. The lowest BCUT2D eigenvalue weighted by molar-refractivity contribution is -0.140. The highest BCUT2D eigenvalue weighted by Crippen LogP contribution is 2.21. The molecule has 0 saturated heterocycles. The van der Waals surface area contributed by atoms with Gasteiger partial charge in [-0.2, -0.15) is 0 Å². The van der Waals surface area contributed by atoms with E-state index in [1.807, 2.05) is 6.07 Å². The lowest BCUT2D eigenvalue weighted by Crippen LogP contribution is -2.53. The number of anilines is 1. The second kappa shape index (κ2) is 12.4. The van der Waals surface area contributed by atoms with Crippen LogP contribution in [0.4, 0.5) is 14.5 Å². The van der Waals surface area contributed by atoms with E-state index in [0.717, 1.165) is 28.3 Å². The minimum Gasteiger partial charge on any atom is -0.355 e. The minimum atomic E-state index is -3.97. The Morgan fingerprint density at radius 1 is 0.919 bits per heavy atom. The summed E-state index contributed by atoms with van der Waals surface area (Å²) >= 11 is 0. The zero-order chi connectivity index (χ0) is 27.0. The van der Waals surface area contributed by atoms with Gasteiger partial charge in [0.15, 0.2) is 0 Å². The zero-order valence-electron chi connectivity index (χ0n) is 20.6. The number of amides is 2. The molecule has 0 spiro atoms. The molecule has 37 heavy (non-hydrogen) atoms. The first kappa shape index (κ1) is 27.8. The highest BCUT2D eigenvalue weighted by molar-refractivity contribution is 7.92. The summed E-state index contributed by atoms with van der Waals surface area (Å²) in [6.07, 6.45) is 1.05. The van der Waals surface area contributed by atoms with E-state index in [2.05, 4.69) is 5.32 Å². The quantitative estimate of drug-likeness (QED) is 0.412. The van der Waals surface area contributed by atoms with Crippen LogP contribution in [-0.4, -0.2) is 50.5 Å². The molecule has 0 aliphatic carbocycles. The van der Waals surface area contributed by atoms with Gasteiger partial charge in [0.25, 0.3) is 0 Å². The molecule has 3 aromatic carbocycles. The van der Waals surface area contributed by atoms with Crippen molar-refractivity contribution >= 4 is 27.5 Å². The molecule has 0 radical (unpaired) electrons. The van der Waals surface area contributed by atoms with Gasteiger partial charge in [-0.05, 0) is 42.8 Å². The summed E-state index contributed by atoms with van der Waals surface area (Å²) in [5.41, 5.74) is 1.02. The molecule has 196 valence electrons. The third-order valence-electron chi connectivity index (χ3n) is 5.71. The largest absolute Gasteiger partial charge is 0.355 e. The number of likely N-dealkylation sites (N-methyl/N-ethyl adjacent to an activating group) is 1. The number of sulfonamides is 1. The second-order valence-electron chi connectivity index (χ2n) is 8.46. The molecule has 0 fully saturated rings. The molecule has 3 aromatic rings. The first-order valence-electron chi connectivity index (χ1n) is 11.7. The maximum absolute atomic E-state index is 14.6. The van der Waals surface area contributed by atoms with E-state index < -0.39 is 46.1 Å². The Labute approximate surface area is 215 Å². The molecular weight excluding hydrogens is 500 g/mol. The number of carbonyl (C=O) groups excluding carboxylic acids is 2. The van der Waals surface area contributed by atoms with Crippen molar-refractivity contribution in [3.8, 4) is 0 Å². The van der Waals surface area contributed by atoms with Crippen molar-refractivity contribution in [2.24, 2.45) is 0 Å². The highest BCUT2D eigenvalue weighted by atomic mass is 32.2. The molecule has 0 aliphatic heterocycles. The molecule has 1 atom stereocenters. The van der Waals surface area contributed by atoms with Crippen LogP contribution in [0.1, 0.15) is 18.1 Å². The number of nitrogens with one attached hydrogen (secondary N) is 1. The molecule has 0 heterocycles. The predicted molar refractivity (Wildman–Crippen MR) is 138 cm³/mol. The summed E-state index contributed by atoms with van der Waals surface area (Å²) in [4.78, 5) is 28.1. The van der Waals surface area contributed by atoms with Crippen LogP contribution in [0, 0.1) is 11.6 Å². The van der Waals surface area contributed by atoms with Gasteiger partial charge in [0.05, 0.1) is 11.9 Å². The Morgan fingerprint density at radius 3 is 2.14 bits per heavy atom. The van der Waals surface area contributed by atoms with Crippen LogP contribution in [0.15, 0.2) is 78.9 Å². The molecule has 7 nitrogen and oxygen atoms in total. The van der Waals surface area contributed by atoms with Crippen molar-refractivity contribution in [2.75, 3.05) is 23.7 Å². The van der Waals surface area contributed by atoms with Crippen LogP contribution in [0.3, 0.4) is 0 Å². The fourth-order valence-corrected chi connectivity index (χ4v) is 4.73. The summed E-state index contributed by atoms with van der Waals surface area (Å²) in [6.45, 7) is 1.11. The van der Waals surface area contributed by atoms with Crippen LogP contribution in [0.5, 0.6) is 0 Å². The van der Waals surface area contributed by atoms with Crippen molar-refractivity contribution in [1.29, 1.82) is 0 Å². The summed E-state index contributed by atoms with van der Waals surface area (Å²) in [5, 5.41) is 2.72. The minimum absolute atomic E-state index is 0.0840. The molecule has 0 aliphatic rings. The van der Waals surface area contributed by atoms with Crippen molar-refractivity contribution in [3.05, 3.63) is 102 Å². The van der Waals surface area contributed by atoms with E-state index in [9.17, 15) is 26.8 Å². The first-order valence-corrected chi connectivity index (χ1v) is 13.5. The van der Waals surface area contributed by atoms with E-state index in [1.54, 1.807) is 37.3 Å². The predicted octanol–water partition coefficient (Wildman–Crippen LogP) is 3.51. The topological polar surface area (TPSA) is 86.8 Å². The van der Waals surface area contributed by atoms with Crippen LogP contribution in [0.25, 0.3) is 0 Å². The highest BCUT2D eigenvalue weighted by Gasteiger charge is 2.33. The van der Waals surface area contributed by atoms with Crippen molar-refractivity contribution in [3.63, 3.8) is 0 Å². The van der Waals surface area contributed by atoms with Gasteiger partial charge in [-0.25, -0.2) is 17.2 Å². The maximum Gasteiger partial charge on any atom is 0.244 e. The average Bonchev–Trinajstić information content (AvgIpc) is 2.86. The fourth-order valence-electron chi connectivity index (χ4n) is 3.88. The van der Waals surface area contributed by atoms with Crippen molar-refractivity contribution in [1.82, 2.24) is 10.2 Å². The molecule has 0 unspecified atom stereocenters. The molecular formula is C27H29F2N3O4S. The van der Waals surface area contributed by atoms with E-state index in [0.29, 0.717) is 6.54 Å². The lowest BCUT2D eigenvalue weighted by Gasteiger charge is -2.33. The van der Waals surface area contributed by atoms with Gasteiger partial charge in [0.1, 0.15) is 24.2 Å². The summed E-state index contributed by atoms with van der Waals surface area (Å²) in [7, 11) is -3.97. The van der Waals surface area contributed by atoms with Gasteiger partial charge in [-0.15, -0.1) is 0 Å². The number of benzene rings is 3. The van der Waals surface area contributed by atoms with Gasteiger partial charge in [-0.1, -0.05) is 48.5 Å². The summed E-state index contributed by atoms with van der Waals surface area (Å²) in [5.74, 6) is -2.30. The van der Waals surface area contributed by atoms with Crippen LogP contribution in [0.2, 0.25) is 0 Å². The standard InChI is InChI=1S/C27H29F2N3O4S/c1-3-30-27(34)25(17-20-9-5-4-6-10-20)31(18-21-11-7-8-12-24(21)29)26(33)19-32(37(2,35)36)23-15-13-22(28)14-16-23/h4-16,25H,3,17-19H2,1-2H3,(H,30,34)/t25-/m0/s1. The van der Waals surface area contributed by atoms with Gasteiger partial charge in [0, 0.05) is 25.1 Å². The number of carbonyl (C=O) groups is 2. The lowest BCUT2D eigenvalue weighted by atomic mass is 10.0. The van der Waals surface area contributed by atoms with Crippen molar-refractivity contribution < 1.29 is 26.8 Å². The second-order valence-corrected chi connectivity index (χ2v) is 10.4. The van der Waals surface area contributed by atoms with E-state index in [-0.39, 0.29) is 24.2 Å². The Morgan fingerprint density at radius 2 is 1.54 bits per heavy atom. The van der Waals surface area contributed by atoms with Crippen LogP contribution < -0.4 is 9.62 Å². The monoisotopic (exact) mass is 529 g/mol. The third kappa shape index (κ3) is 7.60. The normalized spacial score (nSPS) is 12.0. The number of hydrogen-bond donors (Lipinski definition) is 1. The Bertz CT molecular complexity index is 1320. The van der Waals surface area contributed by atoms with Gasteiger partial charge < -0.3 is 10.2 Å². The molecule has 0 aromatic heterocycles. The molecule has 10 heteroatoms. The smallest absolute Gasteiger partial charge is 0.244 e. The molecule has 0 bridgehead atoms. The maximum atomic E-state index is 14.6. The average molecular weight is 530 g/mol. The Balaban J connectivity index is 2.04. The van der Waals surface area contributed by atoms with Gasteiger partial charge in [-0.3, -0.25) is 13.9 Å². The summed E-state index contributed by atoms with van der Waals surface area (Å²) < 4.78 is 54.1. The number of halogens is 2. The number of nitrogens with zero attached hydrogens (tertiary/aromatic N) is 2. The SMILES string of the molecule is CCNC(=O)[C@H](Cc1ccccc1)N(Cc1ccccc1F)C(=O)CN(c1ccc(F)cc1)S(C)(=O)=O. The van der Waals surface area contributed by atoms with Gasteiger partial charge in [0.2, 0.25) is 21.8 Å². The Hall–Kier alpha value is -3.79. The first-order chi connectivity index (χ1) is 17.6. The molecule has 1 N–H and O–H groups in total. The number of rotatable bonds is 11. The number of hydrogen-bond acceptors (Lipinski definition) is 4. The summed E-state index contributed by atoms with van der Waals surface area (Å²) in [6, 6.07) is 18.5. The fraction of sp³-hybridized carbons (Fsp3) is 0.259. The van der Waals surface area contributed by atoms with E-state index in [1.165, 1.54) is 35.2 Å². The van der Waals surface area contributed by atoms with Crippen molar-refractivity contribution in [2.45, 2.75) is 25.9 Å². The van der Waals surface area contributed by atoms with E-state index >= 15 is 0 Å². The Kier molecular flexibility index (Phi) is 9.35. The van der Waals surface area contributed by atoms with E-state index in [4.69, 9.17) is 0 Å². The van der Waals surface area contributed by atoms with Crippen LogP contribution >= 0.6 is 0 Å². The van der Waals surface area contributed by atoms with Crippen LogP contribution in [-0.2, 0) is 32.6 Å². The van der Waals surface area contributed by atoms with Gasteiger partial charge >= 0.3 is 0 Å².